The minimum Gasteiger partial charge on any atom is -0.462 e. The predicted octanol–water partition coefficient (Wildman–Crippen LogP) is 22.5. The molecule has 0 saturated carbocycles. The van der Waals surface area contributed by atoms with Gasteiger partial charge in [-0.1, -0.05) is 302 Å². The van der Waals surface area contributed by atoms with Gasteiger partial charge in [0, 0.05) is 19.3 Å². The van der Waals surface area contributed by atoms with Crippen molar-refractivity contribution in [2.75, 3.05) is 13.2 Å². The van der Waals surface area contributed by atoms with Gasteiger partial charge in [0.25, 0.3) is 0 Å². The van der Waals surface area contributed by atoms with E-state index in [0.29, 0.717) is 19.3 Å². The minimum absolute atomic E-state index is 0.112. The van der Waals surface area contributed by atoms with Crippen molar-refractivity contribution in [1.82, 2.24) is 0 Å². The molecule has 0 spiro atoms. The molecule has 0 aromatic carbocycles. The molecule has 0 aliphatic carbocycles. The fourth-order valence-electron chi connectivity index (χ4n) is 8.85. The lowest BCUT2D eigenvalue weighted by atomic mass is 10.0. The molecule has 0 aliphatic rings. The van der Waals surface area contributed by atoms with Gasteiger partial charge >= 0.3 is 17.9 Å². The van der Waals surface area contributed by atoms with Crippen LogP contribution in [0, 0.1) is 0 Å². The first-order valence-corrected chi connectivity index (χ1v) is 32.7. The highest BCUT2D eigenvalue weighted by Gasteiger charge is 2.19. The summed E-state index contributed by atoms with van der Waals surface area (Å²) in [5.41, 5.74) is 0. The van der Waals surface area contributed by atoms with Crippen molar-refractivity contribution in [3.05, 3.63) is 134 Å². The Morgan fingerprint density at radius 3 is 0.848 bits per heavy atom. The van der Waals surface area contributed by atoms with E-state index in [9.17, 15) is 14.4 Å². The van der Waals surface area contributed by atoms with Crippen LogP contribution in [0.2, 0.25) is 0 Å². The standard InChI is InChI=1S/C73H120O6/c1-4-7-10-13-16-19-22-25-27-29-31-33-34-35-36-37-38-40-41-43-45-48-51-54-57-60-63-66-72(75)78-69-70(68-77-71(74)65-62-59-56-53-50-47-24-21-18-15-12-9-6-3)79-73(76)67-64-61-58-55-52-49-46-44-42-39-32-30-28-26-23-20-17-14-11-8-5-2/h7,9-10,12,16,18-19,21,25,27,31,33,35-36,38,40,43,45,47,50,56,59,70H,4-6,8,11,13-15,17,20,22-24,26,28-30,32,34,37,39,41-42,44,46,48-49,51-55,57-58,60-69H2,1-3H3/b10-7-,12-9-,19-16-,21-18-,27-25-,33-31-,36-35-,40-38-,45-43-,50-47-,59-56-. The maximum atomic E-state index is 12.9. The smallest absolute Gasteiger partial charge is 0.306 e. The van der Waals surface area contributed by atoms with Crippen LogP contribution in [0.3, 0.4) is 0 Å². The lowest BCUT2D eigenvalue weighted by Gasteiger charge is -2.18. The van der Waals surface area contributed by atoms with Crippen molar-refractivity contribution < 1.29 is 28.6 Å². The summed E-state index contributed by atoms with van der Waals surface area (Å²) in [5.74, 6) is -1.01. The third-order valence-corrected chi connectivity index (χ3v) is 13.7. The Kier molecular flexibility index (Phi) is 62.3. The molecule has 0 N–H and O–H groups in total. The van der Waals surface area contributed by atoms with Gasteiger partial charge in [0.05, 0.1) is 0 Å². The summed E-state index contributed by atoms with van der Waals surface area (Å²) in [7, 11) is 0. The number of carbonyl (C=O) groups excluding carboxylic acids is 3. The number of hydrogen-bond donors (Lipinski definition) is 0. The Morgan fingerprint density at radius 2 is 0.519 bits per heavy atom. The van der Waals surface area contributed by atoms with Crippen molar-refractivity contribution in [1.29, 1.82) is 0 Å². The lowest BCUT2D eigenvalue weighted by molar-refractivity contribution is -0.166. The van der Waals surface area contributed by atoms with Gasteiger partial charge < -0.3 is 14.2 Å². The zero-order chi connectivity index (χ0) is 57.1. The van der Waals surface area contributed by atoms with E-state index in [1.165, 1.54) is 116 Å². The molecule has 6 heteroatoms. The van der Waals surface area contributed by atoms with Gasteiger partial charge in [0.1, 0.15) is 13.2 Å². The Hall–Kier alpha value is -4.45. The first-order chi connectivity index (χ1) is 39.0. The summed E-state index contributed by atoms with van der Waals surface area (Å²) in [6, 6.07) is 0. The van der Waals surface area contributed by atoms with Gasteiger partial charge in [-0.2, -0.15) is 0 Å². The van der Waals surface area contributed by atoms with E-state index in [2.05, 4.69) is 148 Å². The number of carbonyl (C=O) groups is 3. The molecule has 0 fully saturated rings. The Balaban J connectivity index is 4.41. The summed E-state index contributed by atoms with van der Waals surface area (Å²) in [4.78, 5) is 38.3. The van der Waals surface area contributed by atoms with E-state index in [1.807, 2.05) is 6.08 Å². The van der Waals surface area contributed by atoms with E-state index < -0.39 is 6.10 Å². The monoisotopic (exact) mass is 1090 g/mol. The highest BCUT2D eigenvalue weighted by atomic mass is 16.6. The maximum Gasteiger partial charge on any atom is 0.306 e. The van der Waals surface area contributed by atoms with E-state index >= 15 is 0 Å². The van der Waals surface area contributed by atoms with Crippen LogP contribution in [0.5, 0.6) is 0 Å². The van der Waals surface area contributed by atoms with E-state index in [-0.39, 0.29) is 37.5 Å². The Morgan fingerprint density at radius 1 is 0.266 bits per heavy atom. The quantitative estimate of drug-likeness (QED) is 0.0261. The summed E-state index contributed by atoms with van der Waals surface area (Å²) in [5, 5.41) is 0. The summed E-state index contributed by atoms with van der Waals surface area (Å²) < 4.78 is 16.8. The Bertz CT molecular complexity index is 1680. The molecule has 79 heavy (non-hydrogen) atoms. The Labute approximate surface area is 487 Å². The molecule has 1 unspecified atom stereocenters. The molecular formula is C73H120O6. The third-order valence-electron chi connectivity index (χ3n) is 13.7. The topological polar surface area (TPSA) is 78.9 Å². The summed E-state index contributed by atoms with van der Waals surface area (Å²) >= 11 is 0. The van der Waals surface area contributed by atoms with Gasteiger partial charge in [0.15, 0.2) is 6.10 Å². The number of rotatable bonds is 58. The first kappa shape index (κ1) is 74.5. The molecule has 448 valence electrons. The number of hydrogen-bond acceptors (Lipinski definition) is 6. The molecule has 0 amide bonds. The van der Waals surface area contributed by atoms with Crippen LogP contribution in [-0.2, 0) is 28.6 Å². The van der Waals surface area contributed by atoms with Crippen molar-refractivity contribution in [3.63, 3.8) is 0 Å². The molecule has 6 nitrogen and oxygen atoms in total. The normalized spacial score (nSPS) is 13.0. The minimum atomic E-state index is -0.819. The summed E-state index contributed by atoms with van der Waals surface area (Å²) in [6.45, 7) is 6.35. The SMILES string of the molecule is CC/C=C\C/C=C\C/C=C\C/C=C\C/C=C\C/C=C\C/C=C\CCCCCCCC(=O)OCC(COC(=O)CC/C=C\C/C=C\C/C=C\C/C=C\CC)OC(=O)CCCCCCCCCCCCCCCCCCCCCCC. The van der Waals surface area contributed by atoms with Crippen LogP contribution in [-0.4, -0.2) is 37.2 Å². The number of esters is 3. The molecule has 0 rings (SSSR count). The van der Waals surface area contributed by atoms with Crippen LogP contribution in [0.4, 0.5) is 0 Å². The number of allylic oxidation sites excluding steroid dienone is 22. The number of unbranched alkanes of at least 4 members (excludes halogenated alkanes) is 25. The van der Waals surface area contributed by atoms with Gasteiger partial charge in [-0.25, -0.2) is 0 Å². The average molecular weight is 1090 g/mol. The maximum absolute atomic E-state index is 12.9. The molecule has 1 atom stereocenters. The molecule has 0 radical (unpaired) electrons. The van der Waals surface area contributed by atoms with Crippen molar-refractivity contribution >= 4 is 17.9 Å². The molecule has 0 saturated heterocycles. The zero-order valence-corrected chi connectivity index (χ0v) is 51.3. The van der Waals surface area contributed by atoms with Gasteiger partial charge in [-0.15, -0.1) is 0 Å². The molecule has 0 aliphatic heterocycles. The fourth-order valence-corrected chi connectivity index (χ4v) is 8.85. The molecule has 0 bridgehead atoms. The second-order valence-corrected chi connectivity index (χ2v) is 21.3. The van der Waals surface area contributed by atoms with Crippen LogP contribution < -0.4 is 0 Å². The third kappa shape index (κ3) is 64.3. The fraction of sp³-hybridized carbons (Fsp3) is 0.658. The number of ether oxygens (including phenoxy) is 3. The van der Waals surface area contributed by atoms with Gasteiger partial charge in [-0.3, -0.25) is 14.4 Å². The molecule has 0 aromatic heterocycles. The lowest BCUT2D eigenvalue weighted by Crippen LogP contribution is -2.30. The zero-order valence-electron chi connectivity index (χ0n) is 51.3. The molecule has 0 aromatic rings. The summed E-state index contributed by atoms with van der Waals surface area (Å²) in [6.07, 6.45) is 93.4. The highest BCUT2D eigenvalue weighted by Crippen LogP contribution is 2.16. The highest BCUT2D eigenvalue weighted by molar-refractivity contribution is 5.71. The van der Waals surface area contributed by atoms with Crippen molar-refractivity contribution in [2.24, 2.45) is 0 Å². The van der Waals surface area contributed by atoms with Crippen LogP contribution in [0.1, 0.15) is 290 Å². The van der Waals surface area contributed by atoms with Gasteiger partial charge in [-0.05, 0) is 103 Å². The average Bonchev–Trinajstić information content (AvgIpc) is 3.45. The predicted molar refractivity (Wildman–Crippen MR) is 343 cm³/mol. The van der Waals surface area contributed by atoms with Crippen molar-refractivity contribution in [3.8, 4) is 0 Å². The van der Waals surface area contributed by atoms with E-state index in [1.54, 1.807) is 0 Å². The van der Waals surface area contributed by atoms with Crippen LogP contribution >= 0.6 is 0 Å². The first-order valence-electron chi connectivity index (χ1n) is 32.7. The second kappa shape index (κ2) is 66.1. The largest absolute Gasteiger partial charge is 0.462 e. The second-order valence-electron chi connectivity index (χ2n) is 21.3. The van der Waals surface area contributed by atoms with E-state index in [0.717, 1.165) is 128 Å². The van der Waals surface area contributed by atoms with Gasteiger partial charge in [0.2, 0.25) is 0 Å². The molecular weight excluding hydrogens is 973 g/mol. The van der Waals surface area contributed by atoms with Crippen molar-refractivity contribution in [2.45, 2.75) is 297 Å². The van der Waals surface area contributed by atoms with Crippen LogP contribution in [0.15, 0.2) is 134 Å². The van der Waals surface area contributed by atoms with Crippen LogP contribution in [0.25, 0.3) is 0 Å². The molecule has 0 heterocycles. The van der Waals surface area contributed by atoms with E-state index in [4.69, 9.17) is 14.2 Å².